The number of benzene rings is 1. The van der Waals surface area contributed by atoms with Crippen molar-refractivity contribution in [2.24, 2.45) is 0 Å². The molecule has 0 amide bonds. The number of anilines is 1. The molecule has 2 fully saturated rings. The van der Waals surface area contributed by atoms with E-state index in [1.165, 1.54) is 101 Å². The number of hydrogen-bond donors (Lipinski definition) is 4. The van der Waals surface area contributed by atoms with Gasteiger partial charge >= 0.3 is 7.82 Å². The summed E-state index contributed by atoms with van der Waals surface area (Å²) in [6, 6.07) is 9.02. The van der Waals surface area contributed by atoms with E-state index < -0.39 is 55.9 Å². The standard InChI is InChI=1S/C39H57FN5O9P/c1-3-4-5-6-7-8-9-10-11-12-13-14-15-16-19-50-25-31(51-24-29-20-28(23-41)21-30(40)22-29)26-52-55(48,49)54-37-38(2)39(37,47)35(46)34(53-38)32-17-18-33-36(42)43-27-44-45(32)33/h17-18,20-22,27,31,34-35,37,46-47H,3-16,19,24-26H2,1-2H3,(H,48,49)(H2,42,43,44)/t31-,34-,35-,37?,38+,39+/m0/s1. The van der Waals surface area contributed by atoms with Crippen molar-refractivity contribution in [3.05, 3.63) is 59.3 Å². The van der Waals surface area contributed by atoms with E-state index in [4.69, 9.17) is 29.0 Å². The second-order valence-corrected chi connectivity index (χ2v) is 16.3. The Morgan fingerprint density at radius 1 is 1.04 bits per heavy atom. The van der Waals surface area contributed by atoms with Crippen LogP contribution in [0.1, 0.15) is 127 Å². The first kappa shape index (κ1) is 43.1. The number of nitriles is 1. The lowest BCUT2D eigenvalue weighted by molar-refractivity contribution is -0.0837. The third kappa shape index (κ3) is 10.9. The summed E-state index contributed by atoms with van der Waals surface area (Å²) in [6.07, 6.45) is 13.7. The van der Waals surface area contributed by atoms with Gasteiger partial charge in [-0.25, -0.2) is 18.5 Å². The SMILES string of the molecule is CCCCCCCCCCCCCCCCOC[C@@H](COP(=O)(O)OC1[C@@]2(C)O[C@@H](c3ccc4c(N)ncnn34)[C@H](O)[C@@]12O)OCc1cc(F)cc(C#N)c1. The second kappa shape index (κ2) is 19.9. The molecule has 16 heteroatoms. The van der Waals surface area contributed by atoms with Crippen LogP contribution in [0.25, 0.3) is 5.52 Å². The van der Waals surface area contributed by atoms with Gasteiger partial charge in [-0.2, -0.15) is 10.4 Å². The second-order valence-electron chi connectivity index (χ2n) is 14.9. The van der Waals surface area contributed by atoms with E-state index in [1.807, 2.05) is 6.07 Å². The van der Waals surface area contributed by atoms with Crippen LogP contribution in [-0.2, 0) is 34.4 Å². The molecule has 0 bridgehead atoms. The van der Waals surface area contributed by atoms with Gasteiger partial charge in [0, 0.05) is 6.61 Å². The van der Waals surface area contributed by atoms with Gasteiger partial charge in [0.25, 0.3) is 0 Å². The fourth-order valence-corrected chi connectivity index (χ4v) is 8.47. The summed E-state index contributed by atoms with van der Waals surface area (Å²) < 4.78 is 57.2. The van der Waals surface area contributed by atoms with Crippen molar-refractivity contribution >= 4 is 19.2 Å². The highest BCUT2D eigenvalue weighted by molar-refractivity contribution is 7.47. The molecule has 2 aromatic heterocycles. The molecule has 3 aromatic rings. The molecular weight excluding hydrogens is 732 g/mol. The van der Waals surface area contributed by atoms with Crippen LogP contribution in [0.5, 0.6) is 0 Å². The third-order valence-electron chi connectivity index (χ3n) is 10.7. The Morgan fingerprint density at radius 3 is 2.31 bits per heavy atom. The van der Waals surface area contributed by atoms with Crippen LogP contribution in [-0.4, -0.2) is 79.0 Å². The zero-order chi connectivity index (χ0) is 39.5. The van der Waals surface area contributed by atoms with E-state index >= 15 is 0 Å². The van der Waals surface area contributed by atoms with Gasteiger partial charge < -0.3 is 35.1 Å². The summed E-state index contributed by atoms with van der Waals surface area (Å²) >= 11 is 0. The van der Waals surface area contributed by atoms with Crippen molar-refractivity contribution in [3.63, 3.8) is 0 Å². The number of rotatable bonds is 26. The Kier molecular flexibility index (Phi) is 15.6. The number of aliphatic hydroxyl groups excluding tert-OH is 1. The van der Waals surface area contributed by atoms with Crippen molar-refractivity contribution in [1.29, 1.82) is 5.26 Å². The van der Waals surface area contributed by atoms with E-state index in [2.05, 4.69) is 17.0 Å². The molecule has 0 radical (unpaired) electrons. The highest BCUT2D eigenvalue weighted by Gasteiger charge is 2.87. The quantitative estimate of drug-likeness (QED) is 0.0486. The molecule has 2 unspecified atom stereocenters. The first-order valence-corrected chi connectivity index (χ1v) is 21.1. The number of ether oxygens (including phenoxy) is 3. The van der Waals surface area contributed by atoms with Crippen molar-refractivity contribution in [2.75, 3.05) is 25.6 Å². The Labute approximate surface area is 322 Å². The Bertz CT molecular complexity index is 1780. The van der Waals surface area contributed by atoms with Crippen LogP contribution >= 0.6 is 7.82 Å². The molecule has 0 spiro atoms. The van der Waals surface area contributed by atoms with Gasteiger partial charge in [0.15, 0.2) is 11.4 Å². The molecule has 3 heterocycles. The summed E-state index contributed by atoms with van der Waals surface area (Å²) in [4.78, 5) is 14.7. The molecule has 1 aliphatic heterocycles. The predicted molar refractivity (Wildman–Crippen MR) is 202 cm³/mol. The van der Waals surface area contributed by atoms with E-state index in [1.54, 1.807) is 12.1 Å². The topological polar surface area (TPSA) is 204 Å². The largest absolute Gasteiger partial charge is 0.472 e. The van der Waals surface area contributed by atoms with Crippen LogP contribution in [0.3, 0.4) is 0 Å². The Balaban J connectivity index is 1.06. The van der Waals surface area contributed by atoms with Crippen molar-refractivity contribution in [3.8, 4) is 6.07 Å². The minimum Gasteiger partial charge on any atom is -0.387 e. The number of nitrogens with zero attached hydrogens (tertiary/aromatic N) is 4. The number of hydrogen-bond acceptors (Lipinski definition) is 12. The summed E-state index contributed by atoms with van der Waals surface area (Å²) in [7, 11) is -4.86. The monoisotopic (exact) mass is 789 g/mol. The number of aromatic nitrogens is 3. The number of unbranched alkanes of at least 4 members (excludes halogenated alkanes) is 13. The zero-order valence-electron chi connectivity index (χ0n) is 32.0. The fourth-order valence-electron chi connectivity index (χ4n) is 7.43. The van der Waals surface area contributed by atoms with Gasteiger partial charge in [0.05, 0.1) is 37.1 Å². The summed E-state index contributed by atoms with van der Waals surface area (Å²) in [6.45, 7) is 3.60. The average molecular weight is 790 g/mol. The lowest BCUT2D eigenvalue weighted by Gasteiger charge is -2.24. The molecule has 5 rings (SSSR count). The van der Waals surface area contributed by atoms with Gasteiger partial charge in [-0.3, -0.25) is 9.05 Å². The van der Waals surface area contributed by atoms with Crippen LogP contribution in [0.2, 0.25) is 0 Å². The van der Waals surface area contributed by atoms with E-state index in [-0.39, 0.29) is 24.6 Å². The Morgan fingerprint density at radius 2 is 1.69 bits per heavy atom. The molecule has 1 saturated carbocycles. The van der Waals surface area contributed by atoms with Crippen LogP contribution in [0.15, 0.2) is 36.7 Å². The number of phosphoric acid groups is 1. The first-order chi connectivity index (χ1) is 26.4. The number of aliphatic hydroxyl groups is 2. The molecule has 5 N–H and O–H groups in total. The van der Waals surface area contributed by atoms with Crippen LogP contribution < -0.4 is 5.73 Å². The van der Waals surface area contributed by atoms with Gasteiger partial charge in [-0.1, -0.05) is 90.4 Å². The minimum atomic E-state index is -4.86. The molecule has 1 aliphatic carbocycles. The molecule has 1 aromatic carbocycles. The van der Waals surface area contributed by atoms with Crippen LogP contribution in [0, 0.1) is 17.1 Å². The number of nitrogens with two attached hydrogens (primary N) is 1. The number of phosphoric ester groups is 1. The van der Waals surface area contributed by atoms with Gasteiger partial charge in [0.1, 0.15) is 47.7 Å². The van der Waals surface area contributed by atoms with Crippen LogP contribution in [0.4, 0.5) is 10.2 Å². The van der Waals surface area contributed by atoms with E-state index in [0.29, 0.717) is 23.4 Å². The van der Waals surface area contributed by atoms with E-state index in [0.717, 1.165) is 25.3 Å². The zero-order valence-corrected chi connectivity index (χ0v) is 32.9. The van der Waals surface area contributed by atoms with Crippen molar-refractivity contribution in [1.82, 2.24) is 14.6 Å². The molecule has 14 nitrogen and oxygen atoms in total. The lowest BCUT2D eigenvalue weighted by Crippen LogP contribution is -2.35. The number of halogens is 1. The summed E-state index contributed by atoms with van der Waals surface area (Å²) in [5.74, 6) is -0.378. The molecule has 1 saturated heterocycles. The highest BCUT2D eigenvalue weighted by atomic mass is 31.2. The number of fused-ring (bicyclic) bond motifs is 2. The Hall–Kier alpha value is -3.03. The summed E-state index contributed by atoms with van der Waals surface area (Å²) in [5, 5.41) is 36.0. The highest BCUT2D eigenvalue weighted by Crippen LogP contribution is 2.68. The molecule has 55 heavy (non-hydrogen) atoms. The van der Waals surface area contributed by atoms with Gasteiger partial charge in [-0.15, -0.1) is 0 Å². The number of nitrogen functional groups attached to an aromatic ring is 1. The minimum absolute atomic E-state index is 0.00674. The maximum absolute atomic E-state index is 14.1. The van der Waals surface area contributed by atoms with Crippen molar-refractivity contribution < 1.29 is 47.3 Å². The normalized spacial score (nSPS) is 24.8. The predicted octanol–water partition coefficient (Wildman–Crippen LogP) is 6.84. The maximum atomic E-state index is 14.1. The van der Waals surface area contributed by atoms with Gasteiger partial charge in [0.2, 0.25) is 0 Å². The maximum Gasteiger partial charge on any atom is 0.472 e. The average Bonchev–Trinajstić information content (AvgIpc) is 3.42. The third-order valence-corrected chi connectivity index (χ3v) is 11.7. The molecular formula is C39H57FN5O9P. The van der Waals surface area contributed by atoms with E-state index in [9.17, 15) is 29.3 Å². The molecule has 304 valence electrons. The van der Waals surface area contributed by atoms with Crippen molar-refractivity contribution in [2.45, 2.75) is 146 Å². The molecule has 7 atom stereocenters. The lowest BCUT2D eigenvalue weighted by atomic mass is 10.0. The fraction of sp³-hybridized carbons (Fsp3) is 0.667. The molecule has 2 aliphatic rings. The smallest absolute Gasteiger partial charge is 0.387 e. The first-order valence-electron chi connectivity index (χ1n) is 19.6. The summed E-state index contributed by atoms with van der Waals surface area (Å²) in [5.41, 5.74) is 3.74. The van der Waals surface area contributed by atoms with Gasteiger partial charge in [-0.05, 0) is 49.2 Å².